The Morgan fingerprint density at radius 2 is 1.42 bits per heavy atom. The van der Waals surface area contributed by atoms with E-state index < -0.39 is 8.80 Å². The fourth-order valence-electron chi connectivity index (χ4n) is 6.61. The number of unbranched alkanes of at least 4 members (excludes halogenated alkanes) is 2. The maximum Gasteiger partial charge on any atom is 0.131 e. The first kappa shape index (κ1) is 24.7. The summed E-state index contributed by atoms with van der Waals surface area (Å²) in [6.07, 6.45) is 14.7. The second kappa shape index (κ2) is 12.3. The van der Waals surface area contributed by atoms with E-state index in [2.05, 4.69) is 44.2 Å². The molecule has 2 fully saturated rings. The van der Waals surface area contributed by atoms with Crippen LogP contribution in [-0.2, 0) is 0 Å². The van der Waals surface area contributed by atoms with Crippen molar-refractivity contribution in [2.24, 2.45) is 5.92 Å². The molecule has 1 saturated heterocycles. The molecule has 0 atom stereocenters. The quantitative estimate of drug-likeness (QED) is 0.256. The number of hydrogen-bond acceptors (Lipinski definition) is 0. The highest BCUT2D eigenvalue weighted by Crippen LogP contribution is 2.39. The molecule has 1 heterocycles. The van der Waals surface area contributed by atoms with Gasteiger partial charge >= 0.3 is 0 Å². The van der Waals surface area contributed by atoms with E-state index >= 15 is 4.39 Å². The molecule has 2 aliphatic rings. The molecule has 0 amide bonds. The van der Waals surface area contributed by atoms with Crippen molar-refractivity contribution in [1.82, 2.24) is 0 Å². The smallest absolute Gasteiger partial charge is 0.131 e. The number of rotatable bonds is 9. The third kappa shape index (κ3) is 6.59. The van der Waals surface area contributed by atoms with Gasteiger partial charge in [0.25, 0.3) is 0 Å². The second-order valence-electron chi connectivity index (χ2n) is 11.1. The molecule has 2 heteroatoms. The molecule has 180 valence electrons. The maximum atomic E-state index is 15.1. The molecule has 2 aromatic carbocycles. The molecule has 33 heavy (non-hydrogen) atoms. The summed E-state index contributed by atoms with van der Waals surface area (Å²) in [6, 6.07) is 19.5. The van der Waals surface area contributed by atoms with Gasteiger partial charge in [-0.15, -0.1) is 0 Å². The first-order valence-electron chi connectivity index (χ1n) is 14.1. The minimum Gasteiger partial charge on any atom is -0.206 e. The van der Waals surface area contributed by atoms with Gasteiger partial charge in [0, 0.05) is 14.4 Å². The summed E-state index contributed by atoms with van der Waals surface area (Å²) < 4.78 is 15.1. The Morgan fingerprint density at radius 1 is 0.758 bits per heavy atom. The molecule has 1 aliphatic heterocycles. The lowest BCUT2D eigenvalue weighted by molar-refractivity contribution is 0.308. The number of halogens is 1. The summed E-state index contributed by atoms with van der Waals surface area (Å²) in [5, 5.41) is 0. The largest absolute Gasteiger partial charge is 0.206 e. The minimum absolute atomic E-state index is 0.0467. The standard InChI is InChI=1S/C31H45FSi/c1-3-5-6-20-33-21-18-27(19-22-33)25-12-14-28(15-13-25)30-17-16-29(23-31(30)32)26-10-8-24(7-4-2)9-11-26/h12-17,23-24,26-27,33H,3-11,18-22H2,1-2H3/t24-,26-,27?,33?. The molecule has 0 nitrogen and oxygen atoms in total. The Balaban J connectivity index is 1.33. The summed E-state index contributed by atoms with van der Waals surface area (Å²) in [7, 11) is -0.460. The van der Waals surface area contributed by atoms with Crippen molar-refractivity contribution in [2.45, 2.75) is 114 Å². The Morgan fingerprint density at radius 3 is 2.06 bits per heavy atom. The normalized spacial score (nSPS) is 25.8. The van der Waals surface area contributed by atoms with Gasteiger partial charge in [0.05, 0.1) is 0 Å². The van der Waals surface area contributed by atoms with Gasteiger partial charge < -0.3 is 0 Å². The van der Waals surface area contributed by atoms with Gasteiger partial charge in [-0.1, -0.05) is 100 Å². The van der Waals surface area contributed by atoms with Gasteiger partial charge in [0.1, 0.15) is 5.82 Å². The molecule has 1 saturated carbocycles. The Kier molecular flexibility index (Phi) is 9.24. The van der Waals surface area contributed by atoms with Gasteiger partial charge in [0.2, 0.25) is 0 Å². The Hall–Kier alpha value is -1.41. The first-order valence-corrected chi connectivity index (χ1v) is 16.5. The van der Waals surface area contributed by atoms with Crippen molar-refractivity contribution in [3.05, 3.63) is 59.4 Å². The minimum atomic E-state index is -0.460. The monoisotopic (exact) mass is 464 g/mol. The van der Waals surface area contributed by atoms with Crippen LogP contribution in [0.5, 0.6) is 0 Å². The number of hydrogen-bond donors (Lipinski definition) is 0. The SMILES string of the molecule is CCCCC[SiH]1CCC(c2ccc(-c3ccc([C@H]4CC[C@H](CCC)CC4)cc3F)cc2)CC1. The van der Waals surface area contributed by atoms with Crippen molar-refractivity contribution in [3.8, 4) is 11.1 Å². The molecule has 4 rings (SSSR count). The zero-order chi connectivity index (χ0) is 23.0. The van der Waals surface area contributed by atoms with E-state index in [0.717, 1.165) is 23.0 Å². The molecule has 0 radical (unpaired) electrons. The fraction of sp³-hybridized carbons (Fsp3) is 0.613. The van der Waals surface area contributed by atoms with Crippen LogP contribution in [0.3, 0.4) is 0 Å². The summed E-state index contributed by atoms with van der Waals surface area (Å²) in [5.74, 6) is 2.12. The number of benzene rings is 2. The Labute approximate surface area is 204 Å². The average Bonchev–Trinajstić information content (AvgIpc) is 2.85. The summed E-state index contributed by atoms with van der Waals surface area (Å²) in [6.45, 7) is 4.59. The summed E-state index contributed by atoms with van der Waals surface area (Å²) >= 11 is 0. The van der Waals surface area contributed by atoms with Crippen LogP contribution in [0.1, 0.15) is 107 Å². The zero-order valence-corrected chi connectivity index (χ0v) is 22.3. The lowest BCUT2D eigenvalue weighted by atomic mass is 9.77. The summed E-state index contributed by atoms with van der Waals surface area (Å²) in [5.41, 5.74) is 4.47. The topological polar surface area (TPSA) is 0 Å². The highest BCUT2D eigenvalue weighted by atomic mass is 28.3. The lowest BCUT2D eigenvalue weighted by Gasteiger charge is -2.29. The van der Waals surface area contributed by atoms with E-state index in [4.69, 9.17) is 0 Å². The predicted molar refractivity (Wildman–Crippen MR) is 145 cm³/mol. The van der Waals surface area contributed by atoms with Crippen LogP contribution in [0.2, 0.25) is 18.1 Å². The highest BCUT2D eigenvalue weighted by Gasteiger charge is 2.24. The first-order chi connectivity index (χ1) is 16.2. The van der Waals surface area contributed by atoms with E-state index in [-0.39, 0.29) is 5.82 Å². The summed E-state index contributed by atoms with van der Waals surface area (Å²) in [4.78, 5) is 0. The van der Waals surface area contributed by atoms with Crippen LogP contribution >= 0.6 is 0 Å². The van der Waals surface area contributed by atoms with E-state index in [9.17, 15) is 0 Å². The van der Waals surface area contributed by atoms with Crippen LogP contribution in [0.15, 0.2) is 42.5 Å². The molecular formula is C31H45FSi. The van der Waals surface area contributed by atoms with E-state index in [1.165, 1.54) is 93.8 Å². The van der Waals surface area contributed by atoms with Gasteiger partial charge in [-0.25, -0.2) is 4.39 Å². The van der Waals surface area contributed by atoms with E-state index in [0.29, 0.717) is 5.92 Å². The molecular weight excluding hydrogens is 419 g/mol. The zero-order valence-electron chi connectivity index (χ0n) is 21.1. The van der Waals surface area contributed by atoms with Crippen molar-refractivity contribution in [2.75, 3.05) is 0 Å². The van der Waals surface area contributed by atoms with Crippen molar-refractivity contribution < 1.29 is 4.39 Å². The molecule has 0 spiro atoms. The van der Waals surface area contributed by atoms with Crippen molar-refractivity contribution in [1.29, 1.82) is 0 Å². The van der Waals surface area contributed by atoms with Crippen LogP contribution in [0, 0.1) is 11.7 Å². The second-order valence-corrected chi connectivity index (χ2v) is 14.5. The fourth-order valence-corrected chi connectivity index (χ4v) is 10.1. The van der Waals surface area contributed by atoms with Gasteiger partial charge in [-0.3, -0.25) is 0 Å². The van der Waals surface area contributed by atoms with Gasteiger partial charge in [-0.2, -0.15) is 0 Å². The van der Waals surface area contributed by atoms with Crippen LogP contribution in [0.25, 0.3) is 11.1 Å². The van der Waals surface area contributed by atoms with Gasteiger partial charge in [-0.05, 0) is 79.0 Å². The third-order valence-corrected chi connectivity index (χ3v) is 12.3. The third-order valence-electron chi connectivity index (χ3n) is 8.76. The molecule has 0 unspecified atom stereocenters. The predicted octanol–water partition coefficient (Wildman–Crippen LogP) is 9.86. The van der Waals surface area contributed by atoms with Crippen molar-refractivity contribution >= 4 is 8.80 Å². The van der Waals surface area contributed by atoms with Crippen molar-refractivity contribution in [3.63, 3.8) is 0 Å². The Bertz CT molecular complexity index is 842. The molecule has 0 N–H and O–H groups in total. The lowest BCUT2D eigenvalue weighted by Crippen LogP contribution is -2.20. The van der Waals surface area contributed by atoms with Crippen LogP contribution < -0.4 is 0 Å². The van der Waals surface area contributed by atoms with Crippen LogP contribution in [0.4, 0.5) is 4.39 Å². The van der Waals surface area contributed by atoms with E-state index in [1.807, 2.05) is 12.1 Å². The van der Waals surface area contributed by atoms with E-state index in [1.54, 1.807) is 6.04 Å². The average molecular weight is 465 g/mol. The molecule has 1 aliphatic carbocycles. The highest BCUT2D eigenvalue weighted by molar-refractivity contribution is 6.59. The van der Waals surface area contributed by atoms with Crippen LogP contribution in [-0.4, -0.2) is 8.80 Å². The molecule has 0 aromatic heterocycles. The molecule has 0 bridgehead atoms. The van der Waals surface area contributed by atoms with Gasteiger partial charge in [0.15, 0.2) is 0 Å². The maximum absolute atomic E-state index is 15.1. The molecule has 2 aromatic rings.